The summed E-state index contributed by atoms with van der Waals surface area (Å²) in [6, 6.07) is 0. The third-order valence-corrected chi connectivity index (χ3v) is 0. The van der Waals surface area contributed by atoms with E-state index in [0.29, 0.717) is 0 Å². The van der Waals surface area contributed by atoms with Crippen molar-refractivity contribution in [3.05, 3.63) is 0 Å². The molecule has 0 aliphatic heterocycles. The second kappa shape index (κ2) is 9.00. The Morgan fingerprint density at radius 1 is 1.00 bits per heavy atom. The molecule has 0 rings (SSSR count). The van der Waals surface area contributed by atoms with Crippen LogP contribution >= 0.6 is 8.60 Å². The average molecular weight is 112 g/mol. The van der Waals surface area contributed by atoms with Gasteiger partial charge in [0.25, 0.3) is 0 Å². The quantitative estimate of drug-likeness (QED) is 0.393. The van der Waals surface area contributed by atoms with E-state index in [1.807, 2.05) is 13.8 Å². The Kier molecular flexibility index (Phi) is 14.4. The van der Waals surface area contributed by atoms with Crippen molar-refractivity contribution in [1.29, 1.82) is 0 Å². The minimum atomic E-state index is -2.62. The van der Waals surface area contributed by atoms with E-state index >= 15 is 0 Å². The molecular weight excluding hydrogens is 103 g/mol. The van der Waals surface area contributed by atoms with E-state index in [2.05, 4.69) is 0 Å². The molecule has 4 heteroatoms. The van der Waals surface area contributed by atoms with Crippen LogP contribution in [0.15, 0.2) is 0 Å². The zero-order valence-electron chi connectivity index (χ0n) is 3.79. The lowest BCUT2D eigenvalue weighted by atomic mass is 11.0. The highest BCUT2D eigenvalue weighted by Gasteiger charge is 1.76. The number of hydrogen-bond acceptors (Lipinski definition) is 3. The Morgan fingerprint density at radius 3 is 1.00 bits per heavy atom. The first-order valence-corrected chi connectivity index (χ1v) is 2.80. The summed E-state index contributed by atoms with van der Waals surface area (Å²) < 4.78 is 0. The zero-order chi connectivity index (χ0) is 5.58. The van der Waals surface area contributed by atoms with Crippen molar-refractivity contribution < 1.29 is 14.7 Å². The Labute approximate surface area is 38.3 Å². The van der Waals surface area contributed by atoms with Crippen molar-refractivity contribution >= 4 is 8.60 Å². The Bertz CT molecular complexity index is 13.5. The van der Waals surface area contributed by atoms with Gasteiger partial charge in [0.15, 0.2) is 0 Å². The predicted octanol–water partition coefficient (Wildman–Crippen LogP) is 0.216. The fourth-order valence-corrected chi connectivity index (χ4v) is 0. The molecule has 0 heterocycles. The van der Waals surface area contributed by atoms with Gasteiger partial charge in [-0.05, 0) is 0 Å². The summed E-state index contributed by atoms with van der Waals surface area (Å²) in [6.07, 6.45) is 0. The van der Waals surface area contributed by atoms with Gasteiger partial charge in [-0.25, -0.2) is 0 Å². The van der Waals surface area contributed by atoms with Crippen LogP contribution in [0.4, 0.5) is 0 Å². The van der Waals surface area contributed by atoms with Gasteiger partial charge in [-0.3, -0.25) is 0 Å². The summed E-state index contributed by atoms with van der Waals surface area (Å²) in [5.41, 5.74) is 0. The van der Waals surface area contributed by atoms with Crippen LogP contribution in [0.2, 0.25) is 0 Å². The van der Waals surface area contributed by atoms with Gasteiger partial charge in [0.05, 0.1) is 0 Å². The van der Waals surface area contributed by atoms with Gasteiger partial charge in [0.1, 0.15) is 0 Å². The highest BCUT2D eigenvalue weighted by atomic mass is 31.2. The van der Waals surface area contributed by atoms with Crippen molar-refractivity contribution in [2.24, 2.45) is 0 Å². The van der Waals surface area contributed by atoms with Crippen LogP contribution in [0.1, 0.15) is 13.8 Å². The van der Waals surface area contributed by atoms with Crippen LogP contribution in [0, 0.1) is 0 Å². The summed E-state index contributed by atoms with van der Waals surface area (Å²) in [5.74, 6) is 0. The fraction of sp³-hybridized carbons (Fsp3) is 1.00. The van der Waals surface area contributed by atoms with Crippen LogP contribution < -0.4 is 0 Å². The molecule has 0 aromatic rings. The third kappa shape index (κ3) is 491. The molecule has 0 saturated heterocycles. The molecule has 0 amide bonds. The van der Waals surface area contributed by atoms with E-state index < -0.39 is 8.60 Å². The fourth-order valence-electron chi connectivity index (χ4n) is 0. The molecule has 0 saturated carbocycles. The van der Waals surface area contributed by atoms with E-state index in [0.717, 1.165) is 0 Å². The first kappa shape index (κ1) is 9.58. The Morgan fingerprint density at radius 2 is 1.00 bits per heavy atom. The van der Waals surface area contributed by atoms with Gasteiger partial charge < -0.3 is 14.7 Å². The molecule has 0 aromatic carbocycles. The van der Waals surface area contributed by atoms with Crippen LogP contribution in [0.3, 0.4) is 0 Å². The molecule has 0 radical (unpaired) electrons. The summed E-state index contributed by atoms with van der Waals surface area (Å²) in [5, 5.41) is 0. The predicted molar refractivity (Wildman–Crippen MR) is 24.9 cm³/mol. The molecule has 0 bridgehead atoms. The van der Waals surface area contributed by atoms with E-state index in [1.54, 1.807) is 0 Å². The van der Waals surface area contributed by atoms with Gasteiger partial charge in [0.2, 0.25) is 0 Å². The maximum absolute atomic E-state index is 7.23. The van der Waals surface area contributed by atoms with Crippen LogP contribution in [0.5, 0.6) is 0 Å². The monoisotopic (exact) mass is 112 g/mol. The summed E-state index contributed by atoms with van der Waals surface area (Å²) >= 11 is 0. The zero-order valence-corrected chi connectivity index (χ0v) is 4.68. The molecule has 0 aliphatic carbocycles. The lowest BCUT2D eigenvalue weighted by Crippen LogP contribution is -1.54. The third-order valence-electron chi connectivity index (χ3n) is 0. The lowest BCUT2D eigenvalue weighted by Gasteiger charge is -1.76. The standard InChI is InChI=1S/C2H6.H3O3P/c1-2;1-4(2)3/h1-2H3;1-3H. The molecule has 0 aliphatic rings. The van der Waals surface area contributed by atoms with Crippen molar-refractivity contribution in [3.63, 3.8) is 0 Å². The van der Waals surface area contributed by atoms with Gasteiger partial charge in [0, 0.05) is 0 Å². The molecule has 3 nitrogen and oxygen atoms in total. The Balaban J connectivity index is 0. The van der Waals surface area contributed by atoms with Crippen LogP contribution in [-0.2, 0) is 0 Å². The molecule has 0 unspecified atom stereocenters. The minimum Gasteiger partial charge on any atom is -0.328 e. The van der Waals surface area contributed by atoms with E-state index in [4.69, 9.17) is 14.7 Å². The molecule has 3 N–H and O–H groups in total. The SMILES string of the molecule is CC.OP(O)O. The van der Waals surface area contributed by atoms with Gasteiger partial charge in [-0.2, -0.15) is 0 Å². The molecule has 0 aromatic heterocycles. The van der Waals surface area contributed by atoms with Gasteiger partial charge in [-0.1, -0.05) is 13.8 Å². The summed E-state index contributed by atoms with van der Waals surface area (Å²) in [6.45, 7) is 4.00. The number of rotatable bonds is 0. The Hall–Kier alpha value is 0.310. The largest absolute Gasteiger partial charge is 0.328 e. The summed E-state index contributed by atoms with van der Waals surface area (Å²) in [7, 11) is -2.62. The maximum Gasteiger partial charge on any atom is 0.324 e. The molecule has 0 fully saturated rings. The van der Waals surface area contributed by atoms with Gasteiger partial charge >= 0.3 is 8.60 Å². The minimum absolute atomic E-state index is 2.00. The van der Waals surface area contributed by atoms with Crippen molar-refractivity contribution in [1.82, 2.24) is 0 Å². The van der Waals surface area contributed by atoms with Crippen molar-refractivity contribution in [2.75, 3.05) is 0 Å². The topological polar surface area (TPSA) is 60.7 Å². The molecule has 0 atom stereocenters. The maximum atomic E-state index is 7.23. The second-order valence-corrected chi connectivity index (χ2v) is 0.805. The van der Waals surface area contributed by atoms with Crippen molar-refractivity contribution in [2.45, 2.75) is 13.8 Å². The normalized spacial score (nSPS) is 7.00. The van der Waals surface area contributed by atoms with Crippen molar-refractivity contribution in [3.8, 4) is 0 Å². The van der Waals surface area contributed by atoms with Crippen LogP contribution in [-0.4, -0.2) is 14.7 Å². The average Bonchev–Trinajstić information content (AvgIpc) is 1.41. The highest BCUT2D eigenvalue weighted by Crippen LogP contribution is 2.11. The van der Waals surface area contributed by atoms with Gasteiger partial charge in [-0.15, -0.1) is 0 Å². The number of hydrogen-bond donors (Lipinski definition) is 3. The summed E-state index contributed by atoms with van der Waals surface area (Å²) in [4.78, 5) is 21.7. The molecular formula is C2H9O3P. The van der Waals surface area contributed by atoms with E-state index in [-0.39, 0.29) is 0 Å². The van der Waals surface area contributed by atoms with Crippen LogP contribution in [0.25, 0.3) is 0 Å². The second-order valence-electron chi connectivity index (χ2n) is 0.268. The molecule has 40 valence electrons. The first-order valence-electron chi connectivity index (χ1n) is 1.60. The molecule has 0 spiro atoms. The smallest absolute Gasteiger partial charge is 0.324 e. The first-order chi connectivity index (χ1) is 2.73. The lowest BCUT2D eigenvalue weighted by molar-refractivity contribution is 0.368. The van der Waals surface area contributed by atoms with E-state index in [9.17, 15) is 0 Å². The van der Waals surface area contributed by atoms with E-state index in [1.165, 1.54) is 0 Å². The molecule has 6 heavy (non-hydrogen) atoms. The highest BCUT2D eigenvalue weighted by molar-refractivity contribution is 7.38.